The third-order valence-electron chi connectivity index (χ3n) is 3.00. The molecule has 0 bridgehead atoms. The fourth-order valence-electron chi connectivity index (χ4n) is 1.75. The highest BCUT2D eigenvalue weighted by molar-refractivity contribution is 6.35. The number of hydrogen-bond acceptors (Lipinski definition) is 2. The molecular weight excluding hydrogens is 309 g/mol. The van der Waals surface area contributed by atoms with Gasteiger partial charge in [0.2, 0.25) is 0 Å². The first-order valence-corrected chi connectivity index (χ1v) is 7.18. The molecule has 4 nitrogen and oxygen atoms in total. The highest BCUT2D eigenvalue weighted by atomic mass is 35.5. The number of amides is 2. The van der Waals surface area contributed by atoms with E-state index in [0.29, 0.717) is 22.3 Å². The minimum absolute atomic E-state index is 0.228. The van der Waals surface area contributed by atoms with Crippen LogP contribution in [0.2, 0.25) is 10.0 Å². The molecular formula is C15H15Cl2N3O. The standard InChI is InChI=1S/C15H15Cl2N3O/c1-20(9-6-11-4-7-18-8-5-11)15(21)19-14-10-12(16)2-3-13(14)17/h2-5,7-8,10H,6,9H2,1H3,(H,19,21). The molecule has 0 saturated heterocycles. The van der Waals surface area contributed by atoms with E-state index in [-0.39, 0.29) is 6.03 Å². The number of benzene rings is 1. The van der Waals surface area contributed by atoms with E-state index < -0.39 is 0 Å². The third kappa shape index (κ3) is 4.62. The van der Waals surface area contributed by atoms with Crippen LogP contribution in [0.5, 0.6) is 0 Å². The van der Waals surface area contributed by atoms with E-state index >= 15 is 0 Å². The van der Waals surface area contributed by atoms with E-state index in [1.807, 2.05) is 12.1 Å². The van der Waals surface area contributed by atoms with Crippen LogP contribution >= 0.6 is 23.2 Å². The van der Waals surface area contributed by atoms with Crippen molar-refractivity contribution in [3.8, 4) is 0 Å². The maximum Gasteiger partial charge on any atom is 0.321 e. The number of pyridine rings is 1. The number of halogens is 2. The Kier molecular flexibility index (Phi) is 5.42. The molecule has 0 radical (unpaired) electrons. The van der Waals surface area contributed by atoms with Crippen LogP contribution in [0.3, 0.4) is 0 Å². The average Bonchev–Trinajstić information content (AvgIpc) is 2.49. The van der Waals surface area contributed by atoms with Crippen molar-refractivity contribution >= 4 is 34.9 Å². The summed E-state index contributed by atoms with van der Waals surface area (Å²) >= 11 is 11.9. The molecule has 110 valence electrons. The molecule has 0 fully saturated rings. The van der Waals surface area contributed by atoms with Crippen LogP contribution in [-0.2, 0) is 6.42 Å². The Morgan fingerprint density at radius 2 is 1.95 bits per heavy atom. The monoisotopic (exact) mass is 323 g/mol. The van der Waals surface area contributed by atoms with Gasteiger partial charge in [-0.2, -0.15) is 0 Å². The highest BCUT2D eigenvalue weighted by Gasteiger charge is 2.11. The van der Waals surface area contributed by atoms with Crippen LogP contribution in [0.1, 0.15) is 5.56 Å². The number of rotatable bonds is 4. The predicted molar refractivity (Wildman–Crippen MR) is 86.1 cm³/mol. The fraction of sp³-hybridized carbons (Fsp3) is 0.200. The van der Waals surface area contributed by atoms with Gasteiger partial charge in [0.25, 0.3) is 0 Å². The van der Waals surface area contributed by atoms with Crippen molar-refractivity contribution in [3.63, 3.8) is 0 Å². The van der Waals surface area contributed by atoms with Crippen molar-refractivity contribution in [1.29, 1.82) is 0 Å². The van der Waals surface area contributed by atoms with Crippen molar-refractivity contribution in [2.75, 3.05) is 18.9 Å². The number of carbonyl (C=O) groups is 1. The van der Waals surface area contributed by atoms with Gasteiger partial charge in [0.15, 0.2) is 0 Å². The summed E-state index contributed by atoms with van der Waals surface area (Å²) in [5.41, 5.74) is 1.63. The summed E-state index contributed by atoms with van der Waals surface area (Å²) in [6.07, 6.45) is 4.23. The first kappa shape index (κ1) is 15.6. The second kappa shape index (κ2) is 7.29. The molecule has 1 N–H and O–H groups in total. The van der Waals surface area contributed by atoms with Crippen LogP contribution in [0, 0.1) is 0 Å². The Hall–Kier alpha value is -1.78. The molecule has 2 rings (SSSR count). The molecule has 2 amide bonds. The van der Waals surface area contributed by atoms with Crippen LogP contribution in [-0.4, -0.2) is 29.5 Å². The SMILES string of the molecule is CN(CCc1ccncc1)C(=O)Nc1cc(Cl)ccc1Cl. The van der Waals surface area contributed by atoms with E-state index in [1.165, 1.54) is 0 Å². The maximum atomic E-state index is 12.1. The summed E-state index contributed by atoms with van der Waals surface area (Å²) in [7, 11) is 1.73. The smallest absolute Gasteiger partial charge is 0.321 e. The highest BCUT2D eigenvalue weighted by Crippen LogP contribution is 2.25. The lowest BCUT2D eigenvalue weighted by molar-refractivity contribution is 0.223. The lowest BCUT2D eigenvalue weighted by Gasteiger charge is -2.18. The number of likely N-dealkylation sites (N-methyl/N-ethyl adjacent to an activating group) is 1. The molecule has 21 heavy (non-hydrogen) atoms. The molecule has 1 heterocycles. The third-order valence-corrected chi connectivity index (χ3v) is 3.57. The summed E-state index contributed by atoms with van der Waals surface area (Å²) in [6.45, 7) is 0.591. The van der Waals surface area contributed by atoms with Gasteiger partial charge in [-0.1, -0.05) is 23.2 Å². The topological polar surface area (TPSA) is 45.2 Å². The van der Waals surface area contributed by atoms with Crippen molar-refractivity contribution in [2.24, 2.45) is 0 Å². The summed E-state index contributed by atoms with van der Waals surface area (Å²) in [6, 6.07) is 8.58. The molecule has 1 aromatic carbocycles. The van der Waals surface area contributed by atoms with E-state index in [2.05, 4.69) is 10.3 Å². The number of urea groups is 1. The number of hydrogen-bond donors (Lipinski definition) is 1. The van der Waals surface area contributed by atoms with Gasteiger partial charge in [-0.05, 0) is 42.3 Å². The zero-order valence-corrected chi connectivity index (χ0v) is 13.0. The molecule has 0 aliphatic carbocycles. The second-order valence-electron chi connectivity index (χ2n) is 4.58. The number of nitrogens with one attached hydrogen (secondary N) is 1. The van der Waals surface area contributed by atoms with Gasteiger partial charge >= 0.3 is 6.03 Å². The largest absolute Gasteiger partial charge is 0.327 e. The van der Waals surface area contributed by atoms with Crippen LogP contribution in [0.15, 0.2) is 42.7 Å². The molecule has 0 atom stereocenters. The normalized spacial score (nSPS) is 10.2. The van der Waals surface area contributed by atoms with Crippen molar-refractivity contribution in [2.45, 2.75) is 6.42 Å². The molecule has 0 aliphatic rings. The molecule has 0 saturated carbocycles. The molecule has 1 aromatic heterocycles. The molecule has 0 unspecified atom stereocenters. The van der Waals surface area contributed by atoms with Gasteiger partial charge in [-0.3, -0.25) is 4.98 Å². The summed E-state index contributed by atoms with van der Waals surface area (Å²) < 4.78 is 0. The van der Waals surface area contributed by atoms with E-state index in [4.69, 9.17) is 23.2 Å². The van der Waals surface area contributed by atoms with Gasteiger partial charge in [-0.15, -0.1) is 0 Å². The summed E-state index contributed by atoms with van der Waals surface area (Å²) in [4.78, 5) is 17.7. The van der Waals surface area contributed by atoms with Crippen molar-refractivity contribution in [3.05, 3.63) is 58.3 Å². The maximum absolute atomic E-state index is 12.1. The zero-order chi connectivity index (χ0) is 15.2. The molecule has 6 heteroatoms. The lowest BCUT2D eigenvalue weighted by Crippen LogP contribution is -2.33. The Labute approximate surface area is 133 Å². The molecule has 2 aromatic rings. The minimum atomic E-state index is -0.228. The first-order chi connectivity index (χ1) is 10.1. The Balaban J connectivity index is 1.92. The van der Waals surface area contributed by atoms with Crippen LogP contribution < -0.4 is 5.32 Å². The van der Waals surface area contributed by atoms with Crippen LogP contribution in [0.25, 0.3) is 0 Å². The van der Waals surface area contributed by atoms with E-state index in [9.17, 15) is 4.79 Å². The minimum Gasteiger partial charge on any atom is -0.327 e. The zero-order valence-electron chi connectivity index (χ0n) is 11.5. The predicted octanol–water partition coefficient (Wildman–Crippen LogP) is 4.09. The van der Waals surface area contributed by atoms with Crippen molar-refractivity contribution in [1.82, 2.24) is 9.88 Å². The van der Waals surface area contributed by atoms with E-state index in [1.54, 1.807) is 42.5 Å². The Morgan fingerprint density at radius 3 is 2.67 bits per heavy atom. The Bertz CT molecular complexity index is 620. The first-order valence-electron chi connectivity index (χ1n) is 6.42. The van der Waals surface area contributed by atoms with Gasteiger partial charge < -0.3 is 10.2 Å². The van der Waals surface area contributed by atoms with Crippen molar-refractivity contribution < 1.29 is 4.79 Å². The Morgan fingerprint density at radius 1 is 1.24 bits per heavy atom. The quantitative estimate of drug-likeness (QED) is 0.920. The van der Waals surface area contributed by atoms with Gasteiger partial charge in [0.05, 0.1) is 10.7 Å². The van der Waals surface area contributed by atoms with Gasteiger partial charge in [0.1, 0.15) is 0 Å². The number of anilines is 1. The number of carbonyl (C=O) groups excluding carboxylic acids is 1. The second-order valence-corrected chi connectivity index (χ2v) is 5.42. The average molecular weight is 324 g/mol. The summed E-state index contributed by atoms with van der Waals surface area (Å²) in [5, 5.41) is 3.72. The van der Waals surface area contributed by atoms with Crippen LogP contribution in [0.4, 0.5) is 10.5 Å². The van der Waals surface area contributed by atoms with E-state index in [0.717, 1.165) is 12.0 Å². The summed E-state index contributed by atoms with van der Waals surface area (Å²) in [5.74, 6) is 0. The molecule has 0 aliphatic heterocycles. The van der Waals surface area contributed by atoms with Gasteiger partial charge in [-0.25, -0.2) is 4.79 Å². The number of aromatic nitrogens is 1. The van der Waals surface area contributed by atoms with Gasteiger partial charge in [0, 0.05) is 31.0 Å². The number of nitrogens with zero attached hydrogens (tertiary/aromatic N) is 2. The fourth-order valence-corrected chi connectivity index (χ4v) is 2.09. The lowest BCUT2D eigenvalue weighted by atomic mass is 10.2. The molecule has 0 spiro atoms.